The van der Waals surface area contributed by atoms with Crippen molar-refractivity contribution in [2.24, 2.45) is 11.8 Å². The highest BCUT2D eigenvalue weighted by molar-refractivity contribution is 7.47. The van der Waals surface area contributed by atoms with Gasteiger partial charge in [0.2, 0.25) is 0 Å². The summed E-state index contributed by atoms with van der Waals surface area (Å²) >= 11 is 0. The van der Waals surface area contributed by atoms with E-state index in [2.05, 4.69) is 53.3 Å². The van der Waals surface area contributed by atoms with Gasteiger partial charge in [-0.25, -0.2) is 9.13 Å². The normalized spacial score (nSPS) is 21.4. The highest BCUT2D eigenvalue weighted by Crippen LogP contribution is 2.44. The van der Waals surface area contributed by atoms with Gasteiger partial charge >= 0.3 is 27.6 Å². The van der Waals surface area contributed by atoms with E-state index >= 15 is 0 Å². The lowest BCUT2D eigenvalue weighted by Gasteiger charge is -2.20. The molecular formula is C42H72O16P2. The molecule has 0 aliphatic heterocycles. The van der Waals surface area contributed by atoms with Crippen molar-refractivity contribution in [3.8, 4) is 0 Å². The molecule has 1 aliphatic rings. The van der Waals surface area contributed by atoms with Crippen LogP contribution in [0.3, 0.4) is 0 Å². The Labute approximate surface area is 356 Å². The maximum Gasteiger partial charge on any atom is 0.472 e. The Morgan fingerprint density at radius 1 is 0.700 bits per heavy atom. The second-order valence-corrected chi connectivity index (χ2v) is 17.6. The van der Waals surface area contributed by atoms with Gasteiger partial charge < -0.3 is 44.6 Å². The number of carbonyl (C=O) groups excluding carboxylic acids is 2. The number of rotatable bonds is 35. The van der Waals surface area contributed by atoms with Crippen LogP contribution < -0.4 is 0 Å². The molecule has 0 aromatic carbocycles. The number of hydrogen-bond donors (Lipinski definition) is 7. The molecule has 8 atom stereocenters. The molecule has 0 amide bonds. The number of aliphatic hydroxyl groups is 4. The Balaban J connectivity index is 2.67. The zero-order chi connectivity index (χ0) is 44.7. The molecule has 0 spiro atoms. The van der Waals surface area contributed by atoms with Crippen molar-refractivity contribution >= 4 is 27.6 Å². The fourth-order valence-corrected chi connectivity index (χ4v) is 7.30. The molecular weight excluding hydrogens is 822 g/mol. The first kappa shape index (κ1) is 55.7. The predicted octanol–water partition coefficient (Wildman–Crippen LogP) is 6.83. The largest absolute Gasteiger partial charge is 0.472 e. The monoisotopic (exact) mass is 894 g/mol. The average molecular weight is 895 g/mol. The van der Waals surface area contributed by atoms with E-state index in [-0.39, 0.29) is 31.1 Å². The lowest BCUT2D eigenvalue weighted by atomic mass is 9.89. The summed E-state index contributed by atoms with van der Waals surface area (Å²) in [5, 5.41) is 41.1. The quantitative estimate of drug-likeness (QED) is 0.0149. The van der Waals surface area contributed by atoms with Gasteiger partial charge in [0, 0.05) is 18.8 Å². The van der Waals surface area contributed by atoms with Gasteiger partial charge in [0.15, 0.2) is 6.10 Å². The second-order valence-electron chi connectivity index (χ2n) is 14.9. The summed E-state index contributed by atoms with van der Waals surface area (Å²) in [6.07, 6.45) is 26.4. The third kappa shape index (κ3) is 29.9. The summed E-state index contributed by atoms with van der Waals surface area (Å²) in [7, 11) is -9.80. The number of allylic oxidation sites excluding steroid dienone is 7. The summed E-state index contributed by atoms with van der Waals surface area (Å²) in [5.41, 5.74) is 0. The maximum absolute atomic E-state index is 12.7. The molecule has 60 heavy (non-hydrogen) atoms. The van der Waals surface area contributed by atoms with Crippen LogP contribution in [0.5, 0.6) is 0 Å². The van der Waals surface area contributed by atoms with E-state index in [9.17, 15) is 44.0 Å². The summed E-state index contributed by atoms with van der Waals surface area (Å²) < 4.78 is 47.6. The van der Waals surface area contributed by atoms with Crippen molar-refractivity contribution in [1.29, 1.82) is 0 Å². The van der Waals surface area contributed by atoms with E-state index in [0.29, 0.717) is 25.7 Å². The van der Waals surface area contributed by atoms with Gasteiger partial charge in [-0.15, -0.1) is 0 Å². The zero-order valence-electron chi connectivity index (χ0n) is 35.4. The van der Waals surface area contributed by atoms with Crippen LogP contribution in [0.4, 0.5) is 0 Å². The molecule has 0 aromatic heterocycles. The molecule has 346 valence electrons. The van der Waals surface area contributed by atoms with Gasteiger partial charge in [0.1, 0.15) is 12.7 Å². The van der Waals surface area contributed by atoms with Crippen molar-refractivity contribution in [2.45, 2.75) is 154 Å². The first-order valence-electron chi connectivity index (χ1n) is 21.2. The van der Waals surface area contributed by atoms with Crippen LogP contribution >= 0.6 is 15.6 Å². The minimum atomic E-state index is -4.91. The van der Waals surface area contributed by atoms with Crippen LogP contribution in [0.25, 0.3) is 0 Å². The van der Waals surface area contributed by atoms with E-state index in [1.165, 1.54) is 25.3 Å². The van der Waals surface area contributed by atoms with Crippen molar-refractivity contribution in [3.05, 3.63) is 60.8 Å². The summed E-state index contributed by atoms with van der Waals surface area (Å²) in [5.74, 6) is -2.10. The molecule has 1 rings (SSSR count). The van der Waals surface area contributed by atoms with Gasteiger partial charge in [-0.05, 0) is 63.7 Å². The maximum atomic E-state index is 12.7. The number of phosphoric ester groups is 2. The average Bonchev–Trinajstić information content (AvgIpc) is 3.46. The Hall–Kier alpha value is -2.30. The van der Waals surface area contributed by atoms with Gasteiger partial charge in [0.25, 0.3) is 0 Å². The third-order valence-electron chi connectivity index (χ3n) is 9.47. The first-order valence-corrected chi connectivity index (χ1v) is 24.3. The van der Waals surface area contributed by atoms with E-state index in [1.54, 1.807) is 18.2 Å². The van der Waals surface area contributed by atoms with Gasteiger partial charge in [0.05, 0.1) is 44.6 Å². The molecule has 0 aromatic rings. The van der Waals surface area contributed by atoms with E-state index in [0.717, 1.165) is 44.9 Å². The Kier molecular flexibility index (Phi) is 30.9. The first-order chi connectivity index (χ1) is 28.6. The summed E-state index contributed by atoms with van der Waals surface area (Å²) in [6, 6.07) is 0. The molecule has 0 radical (unpaired) electrons. The number of carbonyl (C=O) groups is 2. The molecule has 1 aliphatic carbocycles. The Morgan fingerprint density at radius 3 is 1.95 bits per heavy atom. The SMILES string of the molecule is CCCCC/C=C\C/C=C\C/C=C\CCCCC(=O)O[C@H](COC(=O)C/C=C\C[C@H]1[C@@H](/C=C/[C@H](O)CCCCC)[C@H](O)C[C@@H]1O)COP(=O)(O)OC[C@@H](O)COP(=O)(O)O. The fraction of sp³-hybridized carbons (Fsp3) is 0.714. The molecule has 0 heterocycles. The van der Waals surface area contributed by atoms with E-state index in [1.807, 2.05) is 6.08 Å². The van der Waals surface area contributed by atoms with Crippen molar-refractivity contribution in [1.82, 2.24) is 0 Å². The van der Waals surface area contributed by atoms with Crippen molar-refractivity contribution in [3.63, 3.8) is 0 Å². The van der Waals surface area contributed by atoms with Crippen LogP contribution in [0, 0.1) is 11.8 Å². The number of unbranched alkanes of at least 4 members (excludes halogenated alkanes) is 7. The molecule has 16 nitrogen and oxygen atoms in total. The lowest BCUT2D eigenvalue weighted by Crippen LogP contribution is -2.29. The predicted molar refractivity (Wildman–Crippen MR) is 227 cm³/mol. The molecule has 18 heteroatoms. The highest BCUT2D eigenvalue weighted by atomic mass is 31.2. The molecule has 1 saturated carbocycles. The molecule has 7 N–H and O–H groups in total. The molecule has 1 unspecified atom stereocenters. The van der Waals surface area contributed by atoms with Crippen LogP contribution in [0.15, 0.2) is 60.8 Å². The fourth-order valence-electron chi connectivity index (χ4n) is 6.15. The molecule has 0 bridgehead atoms. The number of ether oxygens (including phenoxy) is 2. The Morgan fingerprint density at radius 2 is 1.30 bits per heavy atom. The van der Waals surface area contributed by atoms with Crippen LogP contribution in [0.1, 0.15) is 123 Å². The van der Waals surface area contributed by atoms with Crippen molar-refractivity contribution < 1.29 is 76.9 Å². The minimum absolute atomic E-state index is 0.0142. The van der Waals surface area contributed by atoms with Gasteiger partial charge in [-0.2, -0.15) is 0 Å². The van der Waals surface area contributed by atoms with Crippen molar-refractivity contribution in [2.75, 3.05) is 26.4 Å². The second kappa shape index (κ2) is 33.3. The van der Waals surface area contributed by atoms with Crippen LogP contribution in [-0.2, 0) is 41.8 Å². The smallest absolute Gasteiger partial charge is 0.461 e. The topological polar surface area (TPSA) is 256 Å². The van der Waals surface area contributed by atoms with Crippen LogP contribution in [0.2, 0.25) is 0 Å². The van der Waals surface area contributed by atoms with E-state index in [4.69, 9.17) is 23.8 Å². The minimum Gasteiger partial charge on any atom is -0.461 e. The zero-order valence-corrected chi connectivity index (χ0v) is 37.2. The number of esters is 2. The van der Waals surface area contributed by atoms with Crippen LogP contribution in [-0.4, -0.2) is 104 Å². The lowest BCUT2D eigenvalue weighted by molar-refractivity contribution is -0.160. The van der Waals surface area contributed by atoms with Gasteiger partial charge in [-0.1, -0.05) is 107 Å². The summed E-state index contributed by atoms with van der Waals surface area (Å²) in [6.45, 7) is 1.19. The third-order valence-corrected chi connectivity index (χ3v) is 10.9. The number of hydrogen-bond acceptors (Lipinski definition) is 13. The number of phosphoric acid groups is 2. The molecule has 0 saturated heterocycles. The van der Waals surface area contributed by atoms with Gasteiger partial charge in [-0.3, -0.25) is 23.2 Å². The molecule has 1 fully saturated rings. The summed E-state index contributed by atoms with van der Waals surface area (Å²) in [4.78, 5) is 52.9. The standard InChI is InChI=1S/C42H72O16P2/c1-3-5-7-8-9-10-11-12-13-14-15-16-17-18-20-26-42(48)58-36(33-57-60(52,53)56-31-35(44)30-55-59(49,50)51)32-54-41(47)25-22-21-24-37-38(40(46)29-39(37)45)28-27-34(43)23-19-6-4-2/h9-10,12-13,15-16,21-22,27-28,34-40,43-46H,3-8,11,14,17-20,23-26,29-33H2,1-2H3,(H,52,53)(H2,49,50,51)/b10-9-,13-12-,16-15-,22-21-,28-27+/t34-,35+,36-,37+,38-,39+,40-/m1/s1. The Bertz CT molecular complexity index is 1410. The number of aliphatic hydroxyl groups excluding tert-OH is 4. The highest BCUT2D eigenvalue weighted by Gasteiger charge is 2.39. The van der Waals surface area contributed by atoms with E-state index < -0.39 is 84.5 Å².